The Kier molecular flexibility index (Phi) is 6.88. The minimum Gasteiger partial charge on any atom is -0.355 e. The lowest BCUT2D eigenvalue weighted by atomic mass is 10.1. The van der Waals surface area contributed by atoms with Gasteiger partial charge in [-0.25, -0.2) is 0 Å². The molecule has 0 aromatic heterocycles. The first-order valence-corrected chi connectivity index (χ1v) is 7.30. The van der Waals surface area contributed by atoms with Crippen LogP contribution in [-0.2, 0) is 4.79 Å². The van der Waals surface area contributed by atoms with Gasteiger partial charge in [0.2, 0.25) is 5.91 Å². The number of hydrogen-bond donors (Lipinski definition) is 3. The Morgan fingerprint density at radius 1 is 1.24 bits per heavy atom. The zero-order chi connectivity index (χ0) is 15.8. The molecule has 0 aliphatic rings. The summed E-state index contributed by atoms with van der Waals surface area (Å²) in [5.74, 6) is -0.190. The molecule has 5 heteroatoms. The number of benzene rings is 1. The Morgan fingerprint density at radius 2 is 1.95 bits per heavy atom. The molecule has 0 saturated heterocycles. The van der Waals surface area contributed by atoms with Crippen LogP contribution in [0.15, 0.2) is 18.2 Å². The SMILES string of the molecule is CNC(=O)c1ccc(C)c(NC(=O)CCCNC(C)C)c1. The van der Waals surface area contributed by atoms with Crippen molar-refractivity contribution in [1.82, 2.24) is 10.6 Å². The summed E-state index contributed by atoms with van der Waals surface area (Å²) in [7, 11) is 1.59. The largest absolute Gasteiger partial charge is 0.355 e. The normalized spacial score (nSPS) is 10.5. The van der Waals surface area contributed by atoms with E-state index in [-0.39, 0.29) is 11.8 Å². The third-order valence-electron chi connectivity index (χ3n) is 3.13. The number of carbonyl (C=O) groups excluding carboxylic acids is 2. The number of rotatable bonds is 7. The molecule has 0 fully saturated rings. The number of anilines is 1. The molecular weight excluding hydrogens is 266 g/mol. The van der Waals surface area contributed by atoms with Crippen LogP contribution in [0.5, 0.6) is 0 Å². The quantitative estimate of drug-likeness (QED) is 0.674. The van der Waals surface area contributed by atoms with Gasteiger partial charge in [-0.05, 0) is 37.6 Å². The molecule has 116 valence electrons. The van der Waals surface area contributed by atoms with Crippen LogP contribution < -0.4 is 16.0 Å². The summed E-state index contributed by atoms with van der Waals surface area (Å²) in [4.78, 5) is 23.5. The molecule has 0 aliphatic heterocycles. The fourth-order valence-electron chi connectivity index (χ4n) is 1.89. The first-order valence-electron chi connectivity index (χ1n) is 7.30. The van der Waals surface area contributed by atoms with Gasteiger partial charge >= 0.3 is 0 Å². The number of carbonyl (C=O) groups is 2. The lowest BCUT2D eigenvalue weighted by Gasteiger charge is -2.11. The third kappa shape index (κ3) is 5.95. The summed E-state index contributed by atoms with van der Waals surface area (Å²) >= 11 is 0. The average molecular weight is 291 g/mol. The molecule has 3 N–H and O–H groups in total. The van der Waals surface area contributed by atoms with E-state index in [9.17, 15) is 9.59 Å². The topological polar surface area (TPSA) is 70.2 Å². The van der Waals surface area contributed by atoms with Crippen molar-refractivity contribution in [3.8, 4) is 0 Å². The maximum atomic E-state index is 11.9. The van der Waals surface area contributed by atoms with E-state index >= 15 is 0 Å². The summed E-state index contributed by atoms with van der Waals surface area (Å²) in [6.45, 7) is 6.88. The van der Waals surface area contributed by atoms with E-state index in [0.29, 0.717) is 23.7 Å². The van der Waals surface area contributed by atoms with Crippen LogP contribution in [0.25, 0.3) is 0 Å². The fourth-order valence-corrected chi connectivity index (χ4v) is 1.89. The highest BCUT2D eigenvalue weighted by molar-refractivity contribution is 5.97. The summed E-state index contributed by atoms with van der Waals surface area (Å²) in [6.07, 6.45) is 1.25. The van der Waals surface area contributed by atoms with E-state index < -0.39 is 0 Å². The molecule has 0 atom stereocenters. The van der Waals surface area contributed by atoms with Crippen molar-refractivity contribution in [2.24, 2.45) is 0 Å². The first-order chi connectivity index (χ1) is 9.93. The van der Waals surface area contributed by atoms with Crippen molar-refractivity contribution >= 4 is 17.5 Å². The van der Waals surface area contributed by atoms with Gasteiger partial charge in [0, 0.05) is 30.8 Å². The van der Waals surface area contributed by atoms with Crippen LogP contribution in [0, 0.1) is 6.92 Å². The van der Waals surface area contributed by atoms with E-state index in [2.05, 4.69) is 29.8 Å². The van der Waals surface area contributed by atoms with Crippen molar-refractivity contribution in [2.75, 3.05) is 18.9 Å². The Hall–Kier alpha value is -1.88. The molecule has 0 unspecified atom stereocenters. The predicted molar refractivity (Wildman–Crippen MR) is 85.6 cm³/mol. The summed E-state index contributed by atoms with van der Waals surface area (Å²) in [6, 6.07) is 5.72. The zero-order valence-corrected chi connectivity index (χ0v) is 13.2. The Morgan fingerprint density at radius 3 is 2.57 bits per heavy atom. The van der Waals surface area contributed by atoms with Gasteiger partial charge in [-0.2, -0.15) is 0 Å². The second kappa shape index (κ2) is 8.42. The second-order valence-corrected chi connectivity index (χ2v) is 5.37. The fraction of sp³-hybridized carbons (Fsp3) is 0.500. The van der Waals surface area contributed by atoms with E-state index in [1.54, 1.807) is 19.2 Å². The van der Waals surface area contributed by atoms with Gasteiger partial charge in [0.25, 0.3) is 5.91 Å². The van der Waals surface area contributed by atoms with Crippen LogP contribution in [0.1, 0.15) is 42.6 Å². The molecule has 0 aliphatic carbocycles. The van der Waals surface area contributed by atoms with Crippen molar-refractivity contribution in [3.63, 3.8) is 0 Å². The molecule has 0 saturated carbocycles. The lowest BCUT2D eigenvalue weighted by molar-refractivity contribution is -0.116. The maximum absolute atomic E-state index is 11.9. The standard InChI is InChI=1S/C16H25N3O2/c1-11(2)18-9-5-6-15(20)19-14-10-13(16(21)17-4)8-7-12(14)3/h7-8,10-11,18H,5-6,9H2,1-4H3,(H,17,21)(H,19,20). The summed E-state index contributed by atoms with van der Waals surface area (Å²) in [5, 5.41) is 8.72. The molecule has 0 radical (unpaired) electrons. The number of hydrogen-bond acceptors (Lipinski definition) is 3. The highest BCUT2D eigenvalue weighted by Gasteiger charge is 2.09. The number of amides is 2. The molecule has 1 aromatic rings. The van der Waals surface area contributed by atoms with Crippen LogP contribution in [0.4, 0.5) is 5.69 Å². The van der Waals surface area contributed by atoms with Crippen LogP contribution in [0.3, 0.4) is 0 Å². The molecule has 0 heterocycles. The van der Waals surface area contributed by atoms with Crippen LogP contribution >= 0.6 is 0 Å². The summed E-state index contributed by atoms with van der Waals surface area (Å²) < 4.78 is 0. The predicted octanol–water partition coefficient (Wildman–Crippen LogP) is 2.07. The Balaban J connectivity index is 2.57. The Labute approximate surface area is 126 Å². The molecule has 0 bridgehead atoms. The first kappa shape index (κ1) is 17.2. The van der Waals surface area contributed by atoms with E-state index in [1.165, 1.54) is 0 Å². The average Bonchev–Trinajstić information content (AvgIpc) is 2.45. The van der Waals surface area contributed by atoms with Gasteiger partial charge in [-0.1, -0.05) is 19.9 Å². The highest BCUT2D eigenvalue weighted by Crippen LogP contribution is 2.17. The van der Waals surface area contributed by atoms with Crippen LogP contribution in [-0.4, -0.2) is 31.4 Å². The van der Waals surface area contributed by atoms with E-state index in [0.717, 1.165) is 18.5 Å². The van der Waals surface area contributed by atoms with Crippen LogP contribution in [0.2, 0.25) is 0 Å². The second-order valence-electron chi connectivity index (χ2n) is 5.37. The zero-order valence-electron chi connectivity index (χ0n) is 13.2. The van der Waals surface area contributed by atoms with Gasteiger partial charge in [-0.15, -0.1) is 0 Å². The van der Waals surface area contributed by atoms with Gasteiger partial charge < -0.3 is 16.0 Å². The molecule has 1 aromatic carbocycles. The third-order valence-corrected chi connectivity index (χ3v) is 3.13. The molecule has 21 heavy (non-hydrogen) atoms. The number of nitrogens with one attached hydrogen (secondary N) is 3. The number of aryl methyl sites for hydroxylation is 1. The molecule has 0 spiro atoms. The van der Waals surface area contributed by atoms with E-state index in [4.69, 9.17) is 0 Å². The molecular formula is C16H25N3O2. The van der Waals surface area contributed by atoms with Gasteiger partial charge in [0.05, 0.1) is 0 Å². The van der Waals surface area contributed by atoms with Gasteiger partial charge in [0.1, 0.15) is 0 Å². The molecule has 1 rings (SSSR count). The maximum Gasteiger partial charge on any atom is 0.251 e. The lowest BCUT2D eigenvalue weighted by Crippen LogP contribution is -2.25. The molecule has 5 nitrogen and oxygen atoms in total. The highest BCUT2D eigenvalue weighted by atomic mass is 16.2. The van der Waals surface area contributed by atoms with Crippen molar-refractivity contribution in [1.29, 1.82) is 0 Å². The van der Waals surface area contributed by atoms with Crippen molar-refractivity contribution < 1.29 is 9.59 Å². The Bertz CT molecular complexity index is 498. The van der Waals surface area contributed by atoms with Gasteiger partial charge in [-0.3, -0.25) is 9.59 Å². The van der Waals surface area contributed by atoms with Crippen molar-refractivity contribution in [3.05, 3.63) is 29.3 Å². The van der Waals surface area contributed by atoms with E-state index in [1.807, 2.05) is 13.0 Å². The molecule has 2 amide bonds. The minimum atomic E-state index is -0.161. The van der Waals surface area contributed by atoms with Gasteiger partial charge in [0.15, 0.2) is 0 Å². The minimum absolute atomic E-state index is 0.0299. The monoisotopic (exact) mass is 291 g/mol. The smallest absolute Gasteiger partial charge is 0.251 e. The van der Waals surface area contributed by atoms with Crippen molar-refractivity contribution in [2.45, 2.75) is 39.7 Å². The summed E-state index contributed by atoms with van der Waals surface area (Å²) in [5.41, 5.74) is 2.18.